The van der Waals surface area contributed by atoms with Crippen LogP contribution in [0.25, 0.3) is 11.1 Å². The van der Waals surface area contributed by atoms with E-state index in [0.717, 1.165) is 12.8 Å². The standard InChI is InChI=1S/C22H25NO7S/c1-28-12-8-9-13(17(10-12)29-2)16-11-31-20(18(16)22(27)30-3)23-19(24)14-6-4-5-7-15(14)21(25)26/h8-11,14-15H,4-7H2,1-3H3,(H,23,24)(H,25,26)/t14-,15-/m0/s1. The molecule has 3 rings (SSSR count). The zero-order valence-electron chi connectivity index (χ0n) is 17.6. The molecule has 0 aliphatic heterocycles. The summed E-state index contributed by atoms with van der Waals surface area (Å²) < 4.78 is 15.6. The highest BCUT2D eigenvalue weighted by molar-refractivity contribution is 7.15. The second-order valence-electron chi connectivity index (χ2n) is 7.24. The van der Waals surface area contributed by atoms with E-state index in [0.29, 0.717) is 40.5 Å². The first kappa shape index (κ1) is 22.6. The largest absolute Gasteiger partial charge is 0.497 e. The van der Waals surface area contributed by atoms with Gasteiger partial charge in [0.1, 0.15) is 22.1 Å². The van der Waals surface area contributed by atoms with Crippen LogP contribution >= 0.6 is 11.3 Å². The summed E-state index contributed by atoms with van der Waals surface area (Å²) in [6, 6.07) is 5.21. The number of rotatable bonds is 7. The van der Waals surface area contributed by atoms with Crippen LogP contribution in [-0.2, 0) is 14.3 Å². The van der Waals surface area contributed by atoms with Gasteiger partial charge in [0.15, 0.2) is 0 Å². The third-order valence-corrected chi connectivity index (χ3v) is 6.43. The molecule has 1 amide bonds. The van der Waals surface area contributed by atoms with Gasteiger partial charge in [-0.1, -0.05) is 12.8 Å². The van der Waals surface area contributed by atoms with E-state index in [1.807, 2.05) is 0 Å². The molecular weight excluding hydrogens is 422 g/mol. The molecule has 0 radical (unpaired) electrons. The first-order valence-corrected chi connectivity index (χ1v) is 10.7. The van der Waals surface area contributed by atoms with Crippen LogP contribution in [0.2, 0.25) is 0 Å². The van der Waals surface area contributed by atoms with Crippen molar-refractivity contribution in [3.8, 4) is 22.6 Å². The Morgan fingerprint density at radius 3 is 2.35 bits per heavy atom. The second kappa shape index (κ2) is 9.82. The van der Waals surface area contributed by atoms with E-state index < -0.39 is 29.7 Å². The maximum Gasteiger partial charge on any atom is 0.341 e. The second-order valence-corrected chi connectivity index (χ2v) is 8.12. The van der Waals surface area contributed by atoms with Crippen molar-refractivity contribution in [3.05, 3.63) is 29.1 Å². The van der Waals surface area contributed by atoms with Crippen LogP contribution < -0.4 is 14.8 Å². The number of carbonyl (C=O) groups is 3. The molecule has 2 aromatic rings. The molecule has 31 heavy (non-hydrogen) atoms. The van der Waals surface area contributed by atoms with Crippen LogP contribution in [0.4, 0.5) is 5.00 Å². The summed E-state index contributed by atoms with van der Waals surface area (Å²) in [7, 11) is 4.32. The lowest BCUT2D eigenvalue weighted by Crippen LogP contribution is -2.36. The van der Waals surface area contributed by atoms with E-state index in [1.165, 1.54) is 25.6 Å². The average molecular weight is 448 g/mol. The van der Waals surface area contributed by atoms with Crippen LogP contribution in [0, 0.1) is 11.8 Å². The quantitative estimate of drug-likeness (QED) is 0.616. The van der Waals surface area contributed by atoms with Gasteiger partial charge in [0.25, 0.3) is 0 Å². The number of carboxylic acids is 1. The zero-order valence-corrected chi connectivity index (χ0v) is 18.4. The first-order chi connectivity index (χ1) is 14.9. The van der Waals surface area contributed by atoms with Gasteiger partial charge in [-0.2, -0.15) is 0 Å². The van der Waals surface area contributed by atoms with Gasteiger partial charge in [0.2, 0.25) is 5.91 Å². The molecule has 2 atom stereocenters. The molecule has 1 heterocycles. The normalized spacial score (nSPS) is 18.2. The first-order valence-electron chi connectivity index (χ1n) is 9.87. The molecule has 1 aromatic heterocycles. The fourth-order valence-electron chi connectivity index (χ4n) is 3.92. The minimum Gasteiger partial charge on any atom is -0.497 e. The smallest absolute Gasteiger partial charge is 0.341 e. The van der Waals surface area contributed by atoms with Crippen molar-refractivity contribution in [2.45, 2.75) is 25.7 Å². The van der Waals surface area contributed by atoms with Crippen molar-refractivity contribution in [1.29, 1.82) is 0 Å². The Hall–Kier alpha value is -3.07. The molecular formula is C22H25NO7S. The van der Waals surface area contributed by atoms with Gasteiger partial charge in [-0.15, -0.1) is 11.3 Å². The van der Waals surface area contributed by atoms with Crippen molar-refractivity contribution in [2.24, 2.45) is 11.8 Å². The van der Waals surface area contributed by atoms with E-state index >= 15 is 0 Å². The lowest BCUT2D eigenvalue weighted by molar-refractivity contribution is -0.147. The predicted molar refractivity (Wildman–Crippen MR) is 116 cm³/mol. The van der Waals surface area contributed by atoms with Crippen molar-refractivity contribution in [3.63, 3.8) is 0 Å². The lowest BCUT2D eigenvalue weighted by Gasteiger charge is -2.27. The fraction of sp³-hybridized carbons (Fsp3) is 0.409. The number of hydrogen-bond acceptors (Lipinski definition) is 7. The third kappa shape index (κ3) is 4.66. The number of thiophene rings is 1. The van der Waals surface area contributed by atoms with Crippen LogP contribution in [0.1, 0.15) is 36.0 Å². The van der Waals surface area contributed by atoms with Crippen molar-refractivity contribution >= 4 is 34.2 Å². The summed E-state index contributed by atoms with van der Waals surface area (Å²) >= 11 is 1.18. The van der Waals surface area contributed by atoms with Gasteiger partial charge in [-0.25, -0.2) is 4.79 Å². The number of methoxy groups -OCH3 is 3. The minimum absolute atomic E-state index is 0.201. The number of carboxylic acid groups (broad SMARTS) is 1. The third-order valence-electron chi connectivity index (χ3n) is 5.54. The topological polar surface area (TPSA) is 111 Å². The molecule has 9 heteroatoms. The molecule has 1 aliphatic carbocycles. The summed E-state index contributed by atoms with van der Waals surface area (Å²) in [5, 5.41) is 14.3. The maximum atomic E-state index is 12.9. The highest BCUT2D eigenvalue weighted by Crippen LogP contribution is 2.42. The van der Waals surface area contributed by atoms with Crippen molar-refractivity contribution in [2.75, 3.05) is 26.6 Å². The highest BCUT2D eigenvalue weighted by Gasteiger charge is 2.36. The van der Waals surface area contributed by atoms with Crippen LogP contribution in [0.3, 0.4) is 0 Å². The molecule has 0 spiro atoms. The number of amides is 1. The highest BCUT2D eigenvalue weighted by atomic mass is 32.1. The number of carbonyl (C=O) groups excluding carboxylic acids is 2. The number of ether oxygens (including phenoxy) is 3. The van der Waals surface area contributed by atoms with Gasteiger partial charge in [-0.05, 0) is 25.0 Å². The molecule has 2 N–H and O–H groups in total. The Bertz CT molecular complexity index is 984. The molecule has 0 unspecified atom stereocenters. The van der Waals surface area contributed by atoms with Gasteiger partial charge in [-0.3, -0.25) is 9.59 Å². The minimum atomic E-state index is -0.970. The molecule has 0 bridgehead atoms. The van der Waals surface area contributed by atoms with Gasteiger partial charge in [0, 0.05) is 22.6 Å². The maximum absolute atomic E-state index is 12.9. The van der Waals surface area contributed by atoms with E-state index in [2.05, 4.69) is 5.32 Å². The zero-order chi connectivity index (χ0) is 22.5. The van der Waals surface area contributed by atoms with E-state index in [-0.39, 0.29) is 5.56 Å². The Morgan fingerprint density at radius 1 is 1.03 bits per heavy atom. The summed E-state index contributed by atoms with van der Waals surface area (Å²) in [5.74, 6) is -2.24. The van der Waals surface area contributed by atoms with Gasteiger partial charge < -0.3 is 24.6 Å². The Labute approximate surface area is 184 Å². The fourth-order valence-corrected chi connectivity index (χ4v) is 4.87. The van der Waals surface area contributed by atoms with E-state index in [1.54, 1.807) is 30.7 Å². The average Bonchev–Trinajstić information content (AvgIpc) is 3.20. The van der Waals surface area contributed by atoms with Crippen molar-refractivity contribution in [1.82, 2.24) is 0 Å². The van der Waals surface area contributed by atoms with Gasteiger partial charge >= 0.3 is 11.9 Å². The summed E-state index contributed by atoms with van der Waals surface area (Å²) in [5.41, 5.74) is 1.39. The SMILES string of the molecule is COC(=O)c1c(-c2ccc(OC)cc2OC)csc1NC(=O)[C@H]1CCCC[C@@H]1C(=O)O. The van der Waals surface area contributed by atoms with E-state index in [9.17, 15) is 19.5 Å². The number of nitrogens with one attached hydrogen (secondary N) is 1. The number of anilines is 1. The lowest BCUT2D eigenvalue weighted by atomic mass is 9.79. The van der Waals surface area contributed by atoms with Crippen molar-refractivity contribution < 1.29 is 33.7 Å². The Kier molecular flexibility index (Phi) is 7.17. The monoisotopic (exact) mass is 447 g/mol. The summed E-state index contributed by atoms with van der Waals surface area (Å²) in [6.45, 7) is 0. The number of esters is 1. The molecule has 166 valence electrons. The molecule has 8 nitrogen and oxygen atoms in total. The molecule has 0 saturated heterocycles. The number of benzene rings is 1. The van der Waals surface area contributed by atoms with E-state index in [4.69, 9.17) is 14.2 Å². The summed E-state index contributed by atoms with van der Waals surface area (Å²) in [6.07, 6.45) is 2.55. The molecule has 1 aliphatic rings. The van der Waals surface area contributed by atoms with Crippen LogP contribution in [0.15, 0.2) is 23.6 Å². The molecule has 1 saturated carbocycles. The van der Waals surface area contributed by atoms with Crippen LogP contribution in [-0.4, -0.2) is 44.3 Å². The molecule has 1 fully saturated rings. The number of aliphatic carboxylic acids is 1. The van der Waals surface area contributed by atoms with Crippen LogP contribution in [0.5, 0.6) is 11.5 Å². The Balaban J connectivity index is 1.98. The Morgan fingerprint density at radius 2 is 1.74 bits per heavy atom. The number of hydrogen-bond donors (Lipinski definition) is 2. The predicted octanol–water partition coefficient (Wildman–Crippen LogP) is 4.05. The molecule has 1 aromatic carbocycles. The van der Waals surface area contributed by atoms with Gasteiger partial charge in [0.05, 0.1) is 33.2 Å². The summed E-state index contributed by atoms with van der Waals surface area (Å²) in [4.78, 5) is 37.1.